The van der Waals surface area contributed by atoms with Gasteiger partial charge in [0.2, 0.25) is 0 Å². The molecule has 4 heterocycles. The Morgan fingerprint density at radius 1 is 0.875 bits per heavy atom. The topological polar surface area (TPSA) is 189 Å². The molecule has 0 radical (unpaired) electrons. The van der Waals surface area contributed by atoms with Crippen molar-refractivity contribution < 1.29 is 37.6 Å². The average Bonchev–Trinajstić information content (AvgIpc) is 3.07. The highest BCUT2D eigenvalue weighted by Gasteiger charge is 2.37. The molecule has 14 nitrogen and oxygen atoms in total. The Hall–Kier alpha value is -3.80. The number of sulfone groups is 1. The molecular formula is C33H42N6O8S. The van der Waals surface area contributed by atoms with Crippen molar-refractivity contribution in [3.63, 3.8) is 0 Å². The molecular weight excluding hydrogens is 640 g/mol. The fraction of sp³-hybridized carbons (Fsp3) is 0.545. The minimum Gasteiger partial charge on any atom is -0.491 e. The Labute approximate surface area is 280 Å². The minimum absolute atomic E-state index is 0.129. The molecule has 0 spiro atoms. The van der Waals surface area contributed by atoms with E-state index in [-0.39, 0.29) is 36.8 Å². The van der Waals surface area contributed by atoms with Gasteiger partial charge in [-0.2, -0.15) is 10.5 Å². The number of fused-ring (bicyclic) bond motifs is 4. The van der Waals surface area contributed by atoms with Crippen molar-refractivity contribution in [1.82, 2.24) is 20.0 Å². The lowest BCUT2D eigenvalue weighted by Crippen LogP contribution is -2.61. The predicted molar refractivity (Wildman–Crippen MR) is 173 cm³/mol. The Morgan fingerprint density at radius 3 is 1.98 bits per heavy atom. The Balaban J connectivity index is 0.000000188. The van der Waals surface area contributed by atoms with E-state index in [0.29, 0.717) is 60.9 Å². The molecule has 4 fully saturated rings. The number of aliphatic hydroxyl groups is 1. The maximum Gasteiger partial charge on any atom is 0.407 e. The first-order chi connectivity index (χ1) is 23.1. The van der Waals surface area contributed by atoms with Gasteiger partial charge in [-0.1, -0.05) is 0 Å². The standard InChI is InChI=1S/C17H21N3O5.C16H21N3O3S/c18-5-12-1-3-14(4-2-12)24-11-13(21)6-19-7-15-9-20(17(22)23)10-16(8-19)25-15;17-8-13-2-4-16(5-3-13)23(20,21)7-1-6-19-11-14-9-18-10-15(12-19)22-14/h1-4,13,15-16,21H,6-11H2,(H,22,23);2-5,14-15,18H,1,6-7,9-12H2/t13-,15?,16?;/m0./s1. The van der Waals surface area contributed by atoms with Gasteiger partial charge in [0, 0.05) is 45.8 Å². The number of benzene rings is 2. The van der Waals surface area contributed by atoms with Crippen LogP contribution in [0, 0.1) is 22.7 Å². The zero-order valence-electron chi connectivity index (χ0n) is 26.7. The van der Waals surface area contributed by atoms with Gasteiger partial charge in [-0.3, -0.25) is 9.80 Å². The molecule has 15 heteroatoms. The molecule has 2 aromatic carbocycles. The third kappa shape index (κ3) is 10.1. The molecule has 0 aliphatic carbocycles. The summed E-state index contributed by atoms with van der Waals surface area (Å²) in [4.78, 5) is 17.2. The normalized spacial score (nSPS) is 24.7. The molecule has 4 saturated heterocycles. The number of hydrogen-bond acceptors (Lipinski definition) is 12. The molecule has 4 aliphatic rings. The molecule has 258 valence electrons. The fourth-order valence-electron chi connectivity index (χ4n) is 6.41. The number of nitrogens with one attached hydrogen (secondary N) is 1. The summed E-state index contributed by atoms with van der Waals surface area (Å²) in [6, 6.07) is 16.9. The average molecular weight is 683 g/mol. The van der Waals surface area contributed by atoms with Crippen LogP contribution in [-0.4, -0.2) is 148 Å². The lowest BCUT2D eigenvalue weighted by atomic mass is 10.1. The number of rotatable bonds is 10. The van der Waals surface area contributed by atoms with E-state index in [2.05, 4.69) is 15.1 Å². The van der Waals surface area contributed by atoms with Crippen LogP contribution < -0.4 is 10.1 Å². The number of carboxylic acid groups (broad SMARTS) is 1. The number of β-amino-alcohol motifs (C(OH)–C–C–N with tert-alkyl or cyclic N) is 1. The van der Waals surface area contributed by atoms with Gasteiger partial charge < -0.3 is 34.6 Å². The van der Waals surface area contributed by atoms with Gasteiger partial charge in [0.15, 0.2) is 9.84 Å². The lowest BCUT2D eigenvalue weighted by Gasteiger charge is -2.45. The highest BCUT2D eigenvalue weighted by atomic mass is 32.2. The van der Waals surface area contributed by atoms with Gasteiger partial charge in [-0.05, 0) is 61.5 Å². The van der Waals surface area contributed by atoms with Gasteiger partial charge in [0.1, 0.15) is 18.5 Å². The summed E-state index contributed by atoms with van der Waals surface area (Å²) in [6.45, 7) is 6.74. The monoisotopic (exact) mass is 682 g/mol. The van der Waals surface area contributed by atoms with Gasteiger partial charge in [-0.15, -0.1) is 0 Å². The summed E-state index contributed by atoms with van der Waals surface area (Å²) in [5, 5.41) is 40.2. The Bertz CT molecular complexity index is 1540. The van der Waals surface area contributed by atoms with E-state index >= 15 is 0 Å². The molecule has 1 amide bonds. The molecule has 3 N–H and O–H groups in total. The largest absolute Gasteiger partial charge is 0.491 e. The van der Waals surface area contributed by atoms with Crippen LogP contribution in [0.5, 0.6) is 5.75 Å². The Morgan fingerprint density at radius 2 is 1.42 bits per heavy atom. The second-order valence-corrected chi connectivity index (χ2v) is 14.6. The third-order valence-corrected chi connectivity index (χ3v) is 10.4. The van der Waals surface area contributed by atoms with E-state index in [9.17, 15) is 18.3 Å². The zero-order valence-corrected chi connectivity index (χ0v) is 27.5. The van der Waals surface area contributed by atoms with Crippen LogP contribution in [0.2, 0.25) is 0 Å². The number of amides is 1. The van der Waals surface area contributed by atoms with Gasteiger partial charge >= 0.3 is 6.09 Å². The quantitative estimate of drug-likeness (QED) is 0.319. The summed E-state index contributed by atoms with van der Waals surface area (Å²) in [5.74, 6) is 0.734. The van der Waals surface area contributed by atoms with Gasteiger partial charge in [0.25, 0.3) is 0 Å². The number of aliphatic hydroxyl groups excluding tert-OH is 1. The van der Waals surface area contributed by atoms with E-state index in [4.69, 9.17) is 29.8 Å². The van der Waals surface area contributed by atoms with Crippen molar-refractivity contribution in [1.29, 1.82) is 10.5 Å². The highest BCUT2D eigenvalue weighted by Crippen LogP contribution is 2.20. The number of hydrogen-bond donors (Lipinski definition) is 3. The van der Waals surface area contributed by atoms with Crippen LogP contribution in [0.1, 0.15) is 17.5 Å². The molecule has 2 aromatic rings. The van der Waals surface area contributed by atoms with Crippen molar-refractivity contribution in [2.24, 2.45) is 0 Å². The van der Waals surface area contributed by atoms with Gasteiger partial charge in [-0.25, -0.2) is 13.2 Å². The second kappa shape index (κ2) is 16.5. The van der Waals surface area contributed by atoms with Crippen LogP contribution >= 0.6 is 0 Å². The molecule has 0 aromatic heterocycles. The lowest BCUT2D eigenvalue weighted by molar-refractivity contribution is -0.136. The molecule has 4 unspecified atom stereocenters. The summed E-state index contributed by atoms with van der Waals surface area (Å²) in [7, 11) is -3.28. The molecule has 5 atom stereocenters. The van der Waals surface area contributed by atoms with Crippen molar-refractivity contribution in [3.8, 4) is 17.9 Å². The molecule has 0 saturated carbocycles. The maximum absolute atomic E-state index is 12.3. The number of carbonyl (C=O) groups is 1. The van der Waals surface area contributed by atoms with Crippen molar-refractivity contribution in [2.75, 3.05) is 77.8 Å². The first kappa shape index (κ1) is 35.5. The van der Waals surface area contributed by atoms with E-state index in [1.165, 1.54) is 17.0 Å². The van der Waals surface area contributed by atoms with Crippen molar-refractivity contribution in [3.05, 3.63) is 59.7 Å². The second-order valence-electron chi connectivity index (χ2n) is 12.5. The molecule has 4 aliphatic heterocycles. The van der Waals surface area contributed by atoms with Crippen molar-refractivity contribution >= 4 is 15.9 Å². The maximum atomic E-state index is 12.3. The smallest absolute Gasteiger partial charge is 0.407 e. The van der Waals surface area contributed by atoms with Crippen LogP contribution in [0.25, 0.3) is 0 Å². The summed E-state index contributed by atoms with van der Waals surface area (Å²) >= 11 is 0. The first-order valence-corrected chi connectivity index (χ1v) is 17.7. The molecule has 48 heavy (non-hydrogen) atoms. The minimum atomic E-state index is -3.28. The number of ether oxygens (including phenoxy) is 3. The molecule has 4 bridgehead atoms. The Kier molecular flexibility index (Phi) is 12.2. The van der Waals surface area contributed by atoms with E-state index in [1.807, 2.05) is 12.1 Å². The fourth-order valence-corrected chi connectivity index (χ4v) is 7.70. The van der Waals surface area contributed by atoms with Crippen LogP contribution in [0.15, 0.2) is 53.4 Å². The summed E-state index contributed by atoms with van der Waals surface area (Å²) in [6.07, 6.45) is -0.844. The van der Waals surface area contributed by atoms with E-state index in [0.717, 1.165) is 32.7 Å². The highest BCUT2D eigenvalue weighted by molar-refractivity contribution is 7.91. The number of nitrogens with zero attached hydrogens (tertiary/aromatic N) is 5. The zero-order chi connectivity index (χ0) is 34.1. The summed E-state index contributed by atoms with van der Waals surface area (Å²) in [5.41, 5.74) is 1.03. The number of nitriles is 2. The third-order valence-electron chi connectivity index (χ3n) is 8.60. The SMILES string of the molecule is N#Cc1ccc(OC[C@@H](O)CN2CC3CN(C(=O)O)CC(C2)O3)cc1.N#Cc1ccc(S(=O)(=O)CCCN2CC3CNCC(C2)O3)cc1. The van der Waals surface area contributed by atoms with Crippen LogP contribution in [-0.2, 0) is 19.3 Å². The van der Waals surface area contributed by atoms with Gasteiger partial charge in [0.05, 0.1) is 71.4 Å². The van der Waals surface area contributed by atoms with Crippen LogP contribution in [0.3, 0.4) is 0 Å². The molecule has 6 rings (SSSR count). The first-order valence-electron chi connectivity index (χ1n) is 16.1. The van der Waals surface area contributed by atoms with E-state index in [1.54, 1.807) is 36.4 Å². The number of morpholine rings is 4. The van der Waals surface area contributed by atoms with Crippen molar-refractivity contribution in [2.45, 2.75) is 41.8 Å². The van der Waals surface area contributed by atoms with E-state index < -0.39 is 22.0 Å². The predicted octanol–water partition coefficient (Wildman–Crippen LogP) is 0.756. The van der Waals surface area contributed by atoms with Crippen LogP contribution in [0.4, 0.5) is 4.79 Å². The summed E-state index contributed by atoms with van der Waals surface area (Å²) < 4.78 is 41.8.